The Balaban J connectivity index is 1.59. The molecule has 0 saturated heterocycles. The highest BCUT2D eigenvalue weighted by molar-refractivity contribution is 9.10. The van der Waals surface area contributed by atoms with Crippen molar-refractivity contribution < 1.29 is 4.79 Å². The molecule has 0 bridgehead atoms. The summed E-state index contributed by atoms with van der Waals surface area (Å²) in [7, 11) is 0. The van der Waals surface area contributed by atoms with Gasteiger partial charge in [0, 0.05) is 27.9 Å². The summed E-state index contributed by atoms with van der Waals surface area (Å²) in [5.74, 6) is 1.87. The van der Waals surface area contributed by atoms with Crippen LogP contribution in [0.15, 0.2) is 58.2 Å². The molecule has 2 aromatic carbocycles. The molecule has 0 amide bonds. The first-order chi connectivity index (χ1) is 12.5. The maximum Gasteiger partial charge on any atom is 0.195 e. The van der Waals surface area contributed by atoms with Crippen LogP contribution in [-0.2, 0) is 0 Å². The third-order valence-corrected chi connectivity index (χ3v) is 5.54. The van der Waals surface area contributed by atoms with Crippen LogP contribution in [0.5, 0.6) is 0 Å². The molecule has 26 heavy (non-hydrogen) atoms. The largest absolute Gasteiger partial charge is 0.294 e. The van der Waals surface area contributed by atoms with E-state index >= 15 is 0 Å². The van der Waals surface area contributed by atoms with Crippen LogP contribution in [0.2, 0.25) is 0 Å². The normalized spacial score (nSPS) is 10.9. The van der Waals surface area contributed by atoms with Gasteiger partial charge in [-0.3, -0.25) is 9.36 Å². The van der Waals surface area contributed by atoms with E-state index in [1.165, 1.54) is 5.56 Å². The molecule has 134 valence electrons. The number of hydrogen-bond donors (Lipinski definition) is 0. The number of halogens is 1. The Labute approximate surface area is 166 Å². The second-order valence-corrected chi connectivity index (χ2v) is 8.06. The van der Waals surface area contributed by atoms with Gasteiger partial charge in [0.05, 0.1) is 0 Å². The van der Waals surface area contributed by atoms with Crippen LogP contribution in [0, 0.1) is 13.8 Å². The fraction of sp³-hybridized carbons (Fsp3) is 0.250. The Morgan fingerprint density at radius 3 is 2.62 bits per heavy atom. The molecule has 0 aliphatic heterocycles. The number of benzene rings is 2. The van der Waals surface area contributed by atoms with Gasteiger partial charge in [0.2, 0.25) is 0 Å². The van der Waals surface area contributed by atoms with Crippen LogP contribution in [0.25, 0.3) is 5.69 Å². The summed E-state index contributed by atoms with van der Waals surface area (Å²) in [5.41, 5.74) is 3.03. The monoisotopic (exact) mass is 429 g/mol. The predicted molar refractivity (Wildman–Crippen MR) is 109 cm³/mol. The van der Waals surface area contributed by atoms with Gasteiger partial charge in [-0.15, -0.1) is 10.2 Å². The number of aryl methyl sites for hydroxylation is 2. The van der Waals surface area contributed by atoms with Crippen molar-refractivity contribution in [1.29, 1.82) is 0 Å². The SMILES string of the molecule is Cc1cccc(-n2c(C)nnc2SCCCC(=O)c2ccc(Br)cc2)c1. The molecule has 0 aliphatic rings. The average Bonchev–Trinajstić information content (AvgIpc) is 2.99. The van der Waals surface area contributed by atoms with Gasteiger partial charge < -0.3 is 0 Å². The van der Waals surface area contributed by atoms with E-state index in [1.54, 1.807) is 11.8 Å². The zero-order chi connectivity index (χ0) is 18.5. The van der Waals surface area contributed by atoms with Crippen molar-refractivity contribution in [2.24, 2.45) is 0 Å². The molecule has 1 aromatic heterocycles. The number of hydrogen-bond acceptors (Lipinski definition) is 4. The van der Waals surface area contributed by atoms with Crippen molar-refractivity contribution in [3.8, 4) is 5.69 Å². The lowest BCUT2D eigenvalue weighted by Crippen LogP contribution is -2.01. The van der Waals surface area contributed by atoms with Crippen molar-refractivity contribution in [2.75, 3.05) is 5.75 Å². The number of ketones is 1. The first-order valence-corrected chi connectivity index (χ1v) is 10.2. The number of carbonyl (C=O) groups is 1. The lowest BCUT2D eigenvalue weighted by molar-refractivity contribution is 0.0982. The van der Waals surface area contributed by atoms with Crippen LogP contribution in [0.4, 0.5) is 0 Å². The minimum atomic E-state index is 0.175. The second kappa shape index (κ2) is 8.64. The van der Waals surface area contributed by atoms with Gasteiger partial charge in [-0.25, -0.2) is 0 Å². The van der Waals surface area contributed by atoms with E-state index in [0.29, 0.717) is 6.42 Å². The quantitative estimate of drug-likeness (QED) is 0.286. The van der Waals surface area contributed by atoms with Crippen molar-refractivity contribution in [1.82, 2.24) is 14.8 Å². The Hall–Kier alpha value is -1.92. The molecule has 4 nitrogen and oxygen atoms in total. The third kappa shape index (κ3) is 4.62. The summed E-state index contributed by atoms with van der Waals surface area (Å²) >= 11 is 5.02. The maximum atomic E-state index is 12.2. The van der Waals surface area contributed by atoms with E-state index in [2.05, 4.69) is 55.8 Å². The van der Waals surface area contributed by atoms with Crippen LogP contribution in [0.3, 0.4) is 0 Å². The summed E-state index contributed by atoms with van der Waals surface area (Å²) in [5, 5.41) is 9.37. The van der Waals surface area contributed by atoms with Crippen LogP contribution in [-0.4, -0.2) is 26.3 Å². The zero-order valence-corrected chi connectivity index (χ0v) is 17.2. The Bertz CT molecular complexity index is 906. The van der Waals surface area contributed by atoms with E-state index in [9.17, 15) is 4.79 Å². The molecule has 0 aliphatic carbocycles. The molecule has 0 saturated carbocycles. The molecule has 0 radical (unpaired) electrons. The molecule has 6 heteroatoms. The third-order valence-electron chi connectivity index (χ3n) is 4.00. The van der Waals surface area contributed by atoms with Gasteiger partial charge in [0.1, 0.15) is 5.82 Å². The number of aromatic nitrogens is 3. The molecular formula is C20H20BrN3OS. The fourth-order valence-electron chi connectivity index (χ4n) is 2.68. The number of Topliss-reactive ketones (excluding diaryl/α,β-unsaturated/α-hetero) is 1. The first kappa shape index (κ1) is 18.9. The second-order valence-electron chi connectivity index (χ2n) is 6.09. The zero-order valence-electron chi connectivity index (χ0n) is 14.8. The van der Waals surface area contributed by atoms with Gasteiger partial charge in [-0.05, 0) is 50.1 Å². The van der Waals surface area contributed by atoms with E-state index in [4.69, 9.17) is 0 Å². The standard InChI is InChI=1S/C20H20BrN3OS/c1-14-5-3-6-18(13-14)24-15(2)22-23-20(24)26-12-4-7-19(25)16-8-10-17(21)11-9-16/h3,5-6,8-11,13H,4,7,12H2,1-2H3. The number of thioether (sulfide) groups is 1. The first-order valence-electron chi connectivity index (χ1n) is 8.45. The van der Waals surface area contributed by atoms with Gasteiger partial charge in [-0.2, -0.15) is 0 Å². The van der Waals surface area contributed by atoms with E-state index < -0.39 is 0 Å². The summed E-state index contributed by atoms with van der Waals surface area (Å²) < 4.78 is 3.05. The van der Waals surface area contributed by atoms with Crippen LogP contribution in [0.1, 0.15) is 34.6 Å². The van der Waals surface area contributed by atoms with E-state index in [-0.39, 0.29) is 5.78 Å². The lowest BCUT2D eigenvalue weighted by atomic mass is 10.1. The lowest BCUT2D eigenvalue weighted by Gasteiger charge is -2.09. The molecule has 0 spiro atoms. The minimum absolute atomic E-state index is 0.175. The maximum absolute atomic E-state index is 12.2. The molecule has 0 atom stereocenters. The highest BCUT2D eigenvalue weighted by Crippen LogP contribution is 2.23. The van der Waals surface area contributed by atoms with Crippen LogP contribution >= 0.6 is 27.7 Å². The van der Waals surface area contributed by atoms with Crippen molar-refractivity contribution in [3.63, 3.8) is 0 Å². The van der Waals surface area contributed by atoms with Crippen LogP contribution < -0.4 is 0 Å². The summed E-state index contributed by atoms with van der Waals surface area (Å²) in [6.45, 7) is 4.03. The molecule has 3 rings (SSSR count). The van der Waals surface area contributed by atoms with Crippen molar-refractivity contribution >= 4 is 33.5 Å². The minimum Gasteiger partial charge on any atom is -0.294 e. The Morgan fingerprint density at radius 1 is 1.12 bits per heavy atom. The smallest absolute Gasteiger partial charge is 0.195 e. The van der Waals surface area contributed by atoms with Gasteiger partial charge >= 0.3 is 0 Å². The predicted octanol–water partition coefficient (Wildman–Crippen LogP) is 5.40. The molecule has 3 aromatic rings. The van der Waals surface area contributed by atoms with Gasteiger partial charge in [0.25, 0.3) is 0 Å². The topological polar surface area (TPSA) is 47.8 Å². The Kier molecular flexibility index (Phi) is 6.27. The fourth-order valence-corrected chi connectivity index (χ4v) is 3.88. The van der Waals surface area contributed by atoms with E-state index in [0.717, 1.165) is 38.9 Å². The summed E-state index contributed by atoms with van der Waals surface area (Å²) in [4.78, 5) is 12.2. The number of carbonyl (C=O) groups excluding carboxylic acids is 1. The summed E-state index contributed by atoms with van der Waals surface area (Å²) in [6, 6.07) is 15.8. The number of rotatable bonds is 7. The highest BCUT2D eigenvalue weighted by atomic mass is 79.9. The summed E-state index contributed by atoms with van der Waals surface area (Å²) in [6.07, 6.45) is 1.34. The average molecular weight is 430 g/mol. The van der Waals surface area contributed by atoms with Crippen molar-refractivity contribution in [3.05, 3.63) is 70.0 Å². The molecular weight excluding hydrogens is 410 g/mol. The molecule has 0 N–H and O–H groups in total. The Morgan fingerprint density at radius 2 is 1.88 bits per heavy atom. The number of nitrogens with zero attached hydrogens (tertiary/aromatic N) is 3. The molecule has 0 unspecified atom stereocenters. The highest BCUT2D eigenvalue weighted by Gasteiger charge is 2.12. The molecule has 1 heterocycles. The van der Waals surface area contributed by atoms with Gasteiger partial charge in [0.15, 0.2) is 10.9 Å². The molecule has 0 fully saturated rings. The van der Waals surface area contributed by atoms with Gasteiger partial charge in [-0.1, -0.05) is 52.0 Å². The van der Waals surface area contributed by atoms with Crippen molar-refractivity contribution in [2.45, 2.75) is 31.8 Å². The van der Waals surface area contributed by atoms with E-state index in [1.807, 2.05) is 37.3 Å².